The van der Waals surface area contributed by atoms with Crippen LogP contribution in [0.1, 0.15) is 0 Å². The van der Waals surface area contributed by atoms with E-state index in [1.807, 2.05) is 0 Å². The number of nitro benzene ring substituents is 2. The molecule has 0 aliphatic rings. The highest BCUT2D eigenvalue weighted by Crippen LogP contribution is 2.31. The van der Waals surface area contributed by atoms with E-state index in [9.17, 15) is 20.2 Å². The van der Waals surface area contributed by atoms with Gasteiger partial charge < -0.3 is 5.11 Å². The molecule has 0 heterocycles. The molecular weight excluding hydrogens is 280 g/mol. The Hall–Kier alpha value is -3.36. The highest BCUT2D eigenvalue weighted by molar-refractivity contribution is 5.59. The van der Waals surface area contributed by atoms with Crippen molar-refractivity contribution in [3.05, 3.63) is 62.7 Å². The summed E-state index contributed by atoms with van der Waals surface area (Å²) in [7, 11) is 0. The lowest BCUT2D eigenvalue weighted by atomic mass is 10.2. The molecule has 9 nitrogen and oxygen atoms in total. The van der Waals surface area contributed by atoms with Gasteiger partial charge in [-0.05, 0) is 30.3 Å². The molecule has 2 rings (SSSR count). The van der Waals surface area contributed by atoms with Gasteiger partial charge >= 0.3 is 11.4 Å². The highest BCUT2D eigenvalue weighted by Gasteiger charge is 2.24. The van der Waals surface area contributed by atoms with Crippen LogP contribution in [-0.4, -0.2) is 15.0 Å². The Labute approximate surface area is 117 Å². The SMILES string of the molecule is O=[N+]([O-])c1ccc(N=Nc2ccc(O)cc2)cc1[N+](=O)[O-]. The quantitative estimate of drug-likeness (QED) is 0.521. The van der Waals surface area contributed by atoms with E-state index in [0.29, 0.717) is 5.69 Å². The molecule has 0 saturated heterocycles. The molecule has 0 atom stereocenters. The van der Waals surface area contributed by atoms with Crippen LogP contribution < -0.4 is 0 Å². The zero-order valence-corrected chi connectivity index (χ0v) is 10.4. The van der Waals surface area contributed by atoms with Gasteiger partial charge in [-0.2, -0.15) is 10.2 Å². The number of aromatic hydroxyl groups is 1. The van der Waals surface area contributed by atoms with Crippen molar-refractivity contribution < 1.29 is 15.0 Å². The fourth-order valence-corrected chi connectivity index (χ4v) is 1.51. The number of benzene rings is 2. The van der Waals surface area contributed by atoms with E-state index >= 15 is 0 Å². The summed E-state index contributed by atoms with van der Waals surface area (Å²) in [6.07, 6.45) is 0. The summed E-state index contributed by atoms with van der Waals surface area (Å²) >= 11 is 0. The second-order valence-electron chi connectivity index (χ2n) is 3.90. The molecule has 0 aliphatic carbocycles. The number of rotatable bonds is 4. The predicted octanol–water partition coefficient (Wildman–Crippen LogP) is 3.62. The Balaban J connectivity index is 2.32. The first kappa shape index (κ1) is 14.1. The lowest BCUT2D eigenvalue weighted by molar-refractivity contribution is -0.422. The number of hydrogen-bond donors (Lipinski definition) is 1. The first-order valence-corrected chi connectivity index (χ1v) is 5.61. The molecule has 0 radical (unpaired) electrons. The van der Waals surface area contributed by atoms with E-state index < -0.39 is 21.2 Å². The topological polar surface area (TPSA) is 131 Å². The number of nitrogens with zero attached hydrogens (tertiary/aromatic N) is 4. The van der Waals surface area contributed by atoms with Crippen LogP contribution in [-0.2, 0) is 0 Å². The third-order valence-corrected chi connectivity index (χ3v) is 2.48. The number of phenolic OH excluding ortho intramolecular Hbond substituents is 1. The number of azo groups is 1. The molecule has 0 fully saturated rings. The second-order valence-corrected chi connectivity index (χ2v) is 3.90. The molecule has 21 heavy (non-hydrogen) atoms. The molecule has 0 amide bonds. The lowest BCUT2D eigenvalue weighted by Gasteiger charge is -1.96. The number of phenols is 1. The smallest absolute Gasteiger partial charge is 0.348 e. The van der Waals surface area contributed by atoms with Crippen LogP contribution >= 0.6 is 0 Å². The van der Waals surface area contributed by atoms with Gasteiger partial charge in [-0.25, -0.2) is 0 Å². The van der Waals surface area contributed by atoms with E-state index in [1.165, 1.54) is 30.3 Å². The maximum Gasteiger partial charge on any atom is 0.348 e. The molecule has 0 spiro atoms. The van der Waals surface area contributed by atoms with Crippen molar-refractivity contribution in [3.8, 4) is 5.75 Å². The minimum atomic E-state index is -0.849. The van der Waals surface area contributed by atoms with Crippen molar-refractivity contribution in [2.24, 2.45) is 10.2 Å². The predicted molar refractivity (Wildman–Crippen MR) is 72.0 cm³/mol. The van der Waals surface area contributed by atoms with E-state index in [2.05, 4.69) is 10.2 Å². The Bertz CT molecular complexity index is 727. The fourth-order valence-electron chi connectivity index (χ4n) is 1.51. The van der Waals surface area contributed by atoms with Gasteiger partial charge in [0.2, 0.25) is 0 Å². The summed E-state index contributed by atoms with van der Waals surface area (Å²) in [5, 5.41) is 38.2. The van der Waals surface area contributed by atoms with Crippen molar-refractivity contribution in [2.45, 2.75) is 0 Å². The zero-order chi connectivity index (χ0) is 15.4. The summed E-state index contributed by atoms with van der Waals surface area (Å²) in [6, 6.07) is 9.05. The van der Waals surface area contributed by atoms with Crippen LogP contribution in [0.4, 0.5) is 22.7 Å². The molecule has 0 bridgehead atoms. The Morgan fingerprint density at radius 1 is 0.810 bits per heavy atom. The van der Waals surface area contributed by atoms with Gasteiger partial charge in [0.25, 0.3) is 0 Å². The summed E-state index contributed by atoms with van der Waals surface area (Å²) in [5.41, 5.74) is -0.722. The maximum atomic E-state index is 10.8. The van der Waals surface area contributed by atoms with Crippen molar-refractivity contribution in [1.29, 1.82) is 0 Å². The average Bonchev–Trinajstić information content (AvgIpc) is 2.46. The van der Waals surface area contributed by atoms with Gasteiger partial charge in [0.05, 0.1) is 27.3 Å². The molecule has 0 aromatic heterocycles. The molecule has 1 N–H and O–H groups in total. The lowest BCUT2D eigenvalue weighted by Crippen LogP contribution is -1.95. The Morgan fingerprint density at radius 2 is 1.33 bits per heavy atom. The summed E-state index contributed by atoms with van der Waals surface area (Å²) < 4.78 is 0. The minimum absolute atomic E-state index is 0.0694. The monoisotopic (exact) mass is 288 g/mol. The van der Waals surface area contributed by atoms with Crippen molar-refractivity contribution >= 4 is 22.7 Å². The van der Waals surface area contributed by atoms with Gasteiger partial charge in [0, 0.05) is 6.07 Å². The van der Waals surface area contributed by atoms with E-state index in [4.69, 9.17) is 5.11 Å². The summed E-state index contributed by atoms with van der Waals surface area (Å²) in [4.78, 5) is 19.8. The van der Waals surface area contributed by atoms with Crippen LogP contribution in [0.25, 0.3) is 0 Å². The van der Waals surface area contributed by atoms with E-state index in [0.717, 1.165) is 12.1 Å². The maximum absolute atomic E-state index is 10.8. The van der Waals surface area contributed by atoms with Crippen LogP contribution in [0.15, 0.2) is 52.7 Å². The molecule has 2 aromatic rings. The molecule has 0 unspecified atom stereocenters. The fraction of sp³-hybridized carbons (Fsp3) is 0. The third-order valence-electron chi connectivity index (χ3n) is 2.48. The van der Waals surface area contributed by atoms with Crippen molar-refractivity contribution in [3.63, 3.8) is 0 Å². The standard InChI is InChI=1S/C12H8N4O5/c17-10-4-1-8(2-5-10)13-14-9-3-6-11(15(18)19)12(7-9)16(20)21/h1-7,17H. The van der Waals surface area contributed by atoms with Crippen LogP contribution in [0, 0.1) is 20.2 Å². The zero-order valence-electron chi connectivity index (χ0n) is 10.4. The first-order valence-electron chi connectivity index (χ1n) is 5.61. The van der Waals surface area contributed by atoms with Crippen LogP contribution in [0.5, 0.6) is 5.75 Å². The van der Waals surface area contributed by atoms with Crippen molar-refractivity contribution in [2.75, 3.05) is 0 Å². The average molecular weight is 288 g/mol. The van der Waals surface area contributed by atoms with Gasteiger partial charge in [-0.3, -0.25) is 20.2 Å². The molecule has 9 heteroatoms. The minimum Gasteiger partial charge on any atom is -0.508 e. The number of nitro groups is 2. The summed E-state index contributed by atoms with van der Waals surface area (Å²) in [5.74, 6) is 0.0694. The second kappa shape index (κ2) is 5.74. The normalized spacial score (nSPS) is 10.7. The molecular formula is C12H8N4O5. The molecule has 0 saturated carbocycles. The number of hydrogen-bond acceptors (Lipinski definition) is 7. The van der Waals surface area contributed by atoms with Crippen molar-refractivity contribution in [1.82, 2.24) is 0 Å². The molecule has 2 aromatic carbocycles. The van der Waals surface area contributed by atoms with Gasteiger partial charge in [-0.1, -0.05) is 0 Å². The molecule has 0 aliphatic heterocycles. The van der Waals surface area contributed by atoms with Crippen LogP contribution in [0.2, 0.25) is 0 Å². The largest absolute Gasteiger partial charge is 0.508 e. The van der Waals surface area contributed by atoms with Gasteiger partial charge in [-0.15, -0.1) is 0 Å². The van der Waals surface area contributed by atoms with Gasteiger partial charge in [0.15, 0.2) is 0 Å². The van der Waals surface area contributed by atoms with E-state index in [-0.39, 0.29) is 11.4 Å². The third kappa shape index (κ3) is 3.35. The first-order chi connectivity index (χ1) is 9.97. The van der Waals surface area contributed by atoms with Crippen LogP contribution in [0.3, 0.4) is 0 Å². The Kier molecular flexibility index (Phi) is 3.84. The summed E-state index contributed by atoms with van der Waals surface area (Å²) in [6.45, 7) is 0. The molecule has 106 valence electrons. The van der Waals surface area contributed by atoms with Gasteiger partial charge in [0.1, 0.15) is 5.75 Å². The van der Waals surface area contributed by atoms with E-state index in [1.54, 1.807) is 0 Å². The Morgan fingerprint density at radius 3 is 1.90 bits per heavy atom. The highest BCUT2D eigenvalue weighted by atomic mass is 16.6.